The lowest BCUT2D eigenvalue weighted by molar-refractivity contribution is -0.141. The average Bonchev–Trinajstić information content (AvgIpc) is 2.00. The maximum atomic E-state index is 10.8. The standard InChI is InChI=1S/C10H18O2/c1-8(2)10(3,4)7-6-9(11)12-5/h1,6-7H2,2-5H3. The van der Waals surface area contributed by atoms with Gasteiger partial charge in [0.15, 0.2) is 0 Å². The lowest BCUT2D eigenvalue weighted by atomic mass is 9.82. The monoisotopic (exact) mass is 170 g/mol. The second-order valence-electron chi connectivity index (χ2n) is 3.74. The van der Waals surface area contributed by atoms with Gasteiger partial charge in [0.05, 0.1) is 7.11 Å². The molecule has 0 saturated carbocycles. The van der Waals surface area contributed by atoms with Crippen LogP contribution in [0.4, 0.5) is 0 Å². The Morgan fingerprint density at radius 1 is 1.50 bits per heavy atom. The topological polar surface area (TPSA) is 26.3 Å². The summed E-state index contributed by atoms with van der Waals surface area (Å²) in [5, 5.41) is 0. The largest absolute Gasteiger partial charge is 0.469 e. The van der Waals surface area contributed by atoms with Crippen LogP contribution in [0.5, 0.6) is 0 Å². The van der Waals surface area contributed by atoms with E-state index in [0.717, 1.165) is 12.0 Å². The molecule has 0 aromatic carbocycles. The van der Waals surface area contributed by atoms with Crippen LogP contribution in [0.3, 0.4) is 0 Å². The molecule has 12 heavy (non-hydrogen) atoms. The second kappa shape index (κ2) is 4.29. The van der Waals surface area contributed by atoms with Crippen molar-refractivity contribution in [3.63, 3.8) is 0 Å². The van der Waals surface area contributed by atoms with Crippen LogP contribution in [0.15, 0.2) is 12.2 Å². The van der Waals surface area contributed by atoms with E-state index in [1.807, 2.05) is 6.92 Å². The zero-order valence-corrected chi connectivity index (χ0v) is 8.44. The van der Waals surface area contributed by atoms with Crippen molar-refractivity contribution in [2.75, 3.05) is 7.11 Å². The number of rotatable bonds is 4. The van der Waals surface area contributed by atoms with E-state index >= 15 is 0 Å². The Labute approximate surface area is 74.6 Å². The van der Waals surface area contributed by atoms with Gasteiger partial charge in [-0.25, -0.2) is 0 Å². The highest BCUT2D eigenvalue weighted by Gasteiger charge is 2.19. The predicted molar refractivity (Wildman–Crippen MR) is 49.8 cm³/mol. The van der Waals surface area contributed by atoms with Crippen LogP contribution in [-0.2, 0) is 9.53 Å². The van der Waals surface area contributed by atoms with Gasteiger partial charge in [0.25, 0.3) is 0 Å². The molecule has 0 bridgehead atoms. The lowest BCUT2D eigenvalue weighted by Crippen LogP contribution is -2.15. The van der Waals surface area contributed by atoms with E-state index in [1.165, 1.54) is 7.11 Å². The molecule has 0 aliphatic rings. The van der Waals surface area contributed by atoms with Gasteiger partial charge >= 0.3 is 5.97 Å². The third-order valence-electron chi connectivity index (χ3n) is 2.34. The maximum Gasteiger partial charge on any atom is 0.305 e. The van der Waals surface area contributed by atoms with Crippen LogP contribution in [0, 0.1) is 5.41 Å². The first-order valence-electron chi connectivity index (χ1n) is 4.13. The minimum Gasteiger partial charge on any atom is -0.469 e. The van der Waals surface area contributed by atoms with E-state index in [1.54, 1.807) is 0 Å². The molecule has 0 heterocycles. The van der Waals surface area contributed by atoms with E-state index in [9.17, 15) is 4.79 Å². The first kappa shape index (κ1) is 11.2. The third kappa shape index (κ3) is 3.56. The number of esters is 1. The van der Waals surface area contributed by atoms with Gasteiger partial charge in [-0.05, 0) is 18.8 Å². The molecular formula is C10H18O2. The van der Waals surface area contributed by atoms with Crippen LogP contribution in [-0.4, -0.2) is 13.1 Å². The molecule has 2 nitrogen and oxygen atoms in total. The fourth-order valence-corrected chi connectivity index (χ4v) is 0.730. The van der Waals surface area contributed by atoms with E-state index in [-0.39, 0.29) is 11.4 Å². The Bertz CT molecular complexity index is 180. The van der Waals surface area contributed by atoms with Crippen molar-refractivity contribution in [3.8, 4) is 0 Å². The summed E-state index contributed by atoms with van der Waals surface area (Å²) < 4.78 is 4.56. The summed E-state index contributed by atoms with van der Waals surface area (Å²) in [7, 11) is 1.41. The Hall–Kier alpha value is -0.790. The van der Waals surface area contributed by atoms with Crippen molar-refractivity contribution in [1.82, 2.24) is 0 Å². The predicted octanol–water partition coefficient (Wildman–Crippen LogP) is 2.54. The summed E-state index contributed by atoms with van der Waals surface area (Å²) in [4.78, 5) is 10.8. The van der Waals surface area contributed by atoms with E-state index in [4.69, 9.17) is 0 Å². The number of carbonyl (C=O) groups is 1. The summed E-state index contributed by atoms with van der Waals surface area (Å²) in [5.41, 5.74) is 1.14. The molecule has 0 rings (SSSR count). The quantitative estimate of drug-likeness (QED) is 0.478. The number of ether oxygens (including phenoxy) is 1. The molecule has 0 radical (unpaired) electrons. The Morgan fingerprint density at radius 2 is 2.00 bits per heavy atom. The van der Waals surface area contributed by atoms with Crippen molar-refractivity contribution in [2.45, 2.75) is 33.6 Å². The molecule has 0 amide bonds. The Balaban J connectivity index is 3.92. The van der Waals surface area contributed by atoms with Gasteiger partial charge in [0.2, 0.25) is 0 Å². The van der Waals surface area contributed by atoms with Crippen molar-refractivity contribution in [3.05, 3.63) is 12.2 Å². The van der Waals surface area contributed by atoms with E-state index in [0.29, 0.717) is 6.42 Å². The van der Waals surface area contributed by atoms with Crippen LogP contribution in [0.1, 0.15) is 33.6 Å². The fraction of sp³-hybridized carbons (Fsp3) is 0.700. The zero-order valence-electron chi connectivity index (χ0n) is 8.44. The van der Waals surface area contributed by atoms with Crippen LogP contribution in [0.25, 0.3) is 0 Å². The molecule has 2 heteroatoms. The van der Waals surface area contributed by atoms with Gasteiger partial charge < -0.3 is 4.74 Å². The van der Waals surface area contributed by atoms with Crippen molar-refractivity contribution >= 4 is 5.97 Å². The zero-order chi connectivity index (χ0) is 9.78. The summed E-state index contributed by atoms with van der Waals surface area (Å²) in [6.07, 6.45) is 1.27. The lowest BCUT2D eigenvalue weighted by Gasteiger charge is -2.24. The highest BCUT2D eigenvalue weighted by atomic mass is 16.5. The number of carbonyl (C=O) groups excluding carboxylic acids is 1. The van der Waals surface area contributed by atoms with Gasteiger partial charge in [-0.2, -0.15) is 0 Å². The molecule has 0 N–H and O–H groups in total. The normalized spacial score (nSPS) is 11.0. The number of hydrogen-bond acceptors (Lipinski definition) is 2. The van der Waals surface area contributed by atoms with Crippen LogP contribution in [0.2, 0.25) is 0 Å². The number of methoxy groups -OCH3 is 1. The van der Waals surface area contributed by atoms with Crippen molar-refractivity contribution in [1.29, 1.82) is 0 Å². The molecule has 0 aliphatic heterocycles. The first-order valence-corrected chi connectivity index (χ1v) is 4.13. The molecule has 0 unspecified atom stereocenters. The highest BCUT2D eigenvalue weighted by Crippen LogP contribution is 2.29. The van der Waals surface area contributed by atoms with Crippen LogP contribution < -0.4 is 0 Å². The summed E-state index contributed by atoms with van der Waals surface area (Å²) in [5.74, 6) is -0.149. The average molecular weight is 170 g/mol. The number of allylic oxidation sites excluding steroid dienone is 1. The SMILES string of the molecule is C=C(C)C(C)(C)CCC(=O)OC. The van der Waals surface area contributed by atoms with Gasteiger partial charge in [-0.15, -0.1) is 0 Å². The Morgan fingerprint density at radius 3 is 2.33 bits per heavy atom. The minimum atomic E-state index is -0.149. The Kier molecular flexibility index (Phi) is 4.01. The smallest absolute Gasteiger partial charge is 0.305 e. The molecule has 0 saturated heterocycles. The highest BCUT2D eigenvalue weighted by molar-refractivity contribution is 5.69. The van der Waals surface area contributed by atoms with E-state index < -0.39 is 0 Å². The van der Waals surface area contributed by atoms with Gasteiger partial charge in [-0.1, -0.05) is 26.0 Å². The summed E-state index contributed by atoms with van der Waals surface area (Å²) >= 11 is 0. The molecule has 0 aromatic heterocycles. The van der Waals surface area contributed by atoms with Crippen LogP contribution >= 0.6 is 0 Å². The molecule has 0 aliphatic carbocycles. The molecule has 0 atom stereocenters. The first-order chi connectivity index (χ1) is 5.40. The summed E-state index contributed by atoms with van der Waals surface area (Å²) in [6, 6.07) is 0. The summed E-state index contributed by atoms with van der Waals surface area (Å²) in [6.45, 7) is 10.0. The van der Waals surface area contributed by atoms with Gasteiger partial charge in [0.1, 0.15) is 0 Å². The second-order valence-corrected chi connectivity index (χ2v) is 3.74. The molecule has 0 fully saturated rings. The molecule has 0 spiro atoms. The van der Waals surface area contributed by atoms with Crippen molar-refractivity contribution < 1.29 is 9.53 Å². The minimum absolute atomic E-state index is 0.0359. The molecule has 0 aromatic rings. The third-order valence-corrected chi connectivity index (χ3v) is 2.34. The van der Waals surface area contributed by atoms with Gasteiger partial charge in [0, 0.05) is 6.42 Å². The fourth-order valence-electron chi connectivity index (χ4n) is 0.730. The molecule has 70 valence electrons. The number of hydrogen-bond donors (Lipinski definition) is 0. The molecular weight excluding hydrogens is 152 g/mol. The van der Waals surface area contributed by atoms with E-state index in [2.05, 4.69) is 25.2 Å². The van der Waals surface area contributed by atoms with Crippen molar-refractivity contribution in [2.24, 2.45) is 5.41 Å². The maximum absolute atomic E-state index is 10.8. The van der Waals surface area contributed by atoms with Gasteiger partial charge in [-0.3, -0.25) is 4.79 Å².